The number of carbonyl (C=O) groups excluding carboxylic acids is 1. The van der Waals surface area contributed by atoms with Crippen molar-refractivity contribution in [2.45, 2.75) is 113 Å². The molecule has 0 spiro atoms. The number of nitrogens with two attached hydrogens (primary N) is 1. The van der Waals surface area contributed by atoms with E-state index < -0.39 is 5.97 Å². The van der Waals surface area contributed by atoms with E-state index in [9.17, 15) is 19.2 Å². The Labute approximate surface area is 721 Å². The van der Waals surface area contributed by atoms with Gasteiger partial charge in [0.1, 0.15) is 41.9 Å². The Morgan fingerprint density at radius 2 is 0.939 bits per heavy atom. The van der Waals surface area contributed by atoms with Crippen LogP contribution in [-0.2, 0) is 24.2 Å². The third-order valence-electron chi connectivity index (χ3n) is 16.7. The average molecular weight is 1790 g/mol. The van der Waals surface area contributed by atoms with Crippen LogP contribution in [-0.4, -0.2) is 118 Å². The maximum absolute atomic E-state index is 12.1. The van der Waals surface area contributed by atoms with E-state index in [2.05, 4.69) is 91.5 Å². The van der Waals surface area contributed by atoms with Crippen LogP contribution in [0.15, 0.2) is 160 Å². The van der Waals surface area contributed by atoms with Crippen LogP contribution >= 0.6 is 139 Å². The number of para-hydroxylation sites is 4. The smallest absolute Gasteiger partial charge is 0.300 e. The van der Waals surface area contributed by atoms with Crippen molar-refractivity contribution < 1.29 is 19.4 Å². The first-order valence-corrected chi connectivity index (χ1v) is 40.6. The number of carboxylic acid groups (broad SMARTS) is 1. The minimum atomic E-state index is -0.833. The number of hydrogen-bond acceptors (Lipinski definition) is 15. The Kier molecular flexibility index (Phi) is 40.7. The molecule has 0 aliphatic carbocycles. The monoisotopic (exact) mass is 1780 g/mol. The summed E-state index contributed by atoms with van der Waals surface area (Å²) in [5, 5.41) is 19.1. The predicted octanol–water partition coefficient (Wildman–Crippen LogP) is 23.1. The summed E-state index contributed by atoms with van der Waals surface area (Å²) in [6, 6.07) is 42.3. The van der Waals surface area contributed by atoms with Gasteiger partial charge in [0.2, 0.25) is 0 Å². The van der Waals surface area contributed by atoms with Crippen molar-refractivity contribution in [3.8, 4) is 5.75 Å². The van der Waals surface area contributed by atoms with Crippen LogP contribution in [0, 0.1) is 6.92 Å². The van der Waals surface area contributed by atoms with E-state index >= 15 is 0 Å². The van der Waals surface area contributed by atoms with Gasteiger partial charge in [-0.1, -0.05) is 215 Å². The topological polar surface area (TPSA) is 271 Å². The van der Waals surface area contributed by atoms with E-state index in [1.54, 1.807) is 122 Å². The first-order chi connectivity index (χ1) is 54.3. The number of ether oxygens (including phenoxy) is 1. The normalized spacial score (nSPS) is 11.4. The van der Waals surface area contributed by atoms with E-state index in [1.165, 1.54) is 19.0 Å². The molecular formula is C83H86Cl12N12O7. The van der Waals surface area contributed by atoms with Gasteiger partial charge in [-0.15, -0.1) is 0 Å². The number of H-pyrrole nitrogens is 3. The lowest BCUT2D eigenvalue weighted by atomic mass is 10.1. The maximum Gasteiger partial charge on any atom is 0.300 e. The molecule has 2 unspecified atom stereocenters. The number of nitrogens with zero attached hydrogens (tertiary/aromatic N) is 7. The molecule has 0 saturated carbocycles. The summed E-state index contributed by atoms with van der Waals surface area (Å²) >= 11 is 71.5. The second kappa shape index (κ2) is 48.8. The van der Waals surface area contributed by atoms with Crippen molar-refractivity contribution in [1.29, 1.82) is 0 Å². The van der Waals surface area contributed by atoms with Gasteiger partial charge >= 0.3 is 0 Å². The van der Waals surface area contributed by atoms with E-state index in [-0.39, 0.29) is 29.3 Å². The molecule has 0 radical (unpaired) electrons. The Morgan fingerprint density at radius 1 is 0.500 bits per heavy atom. The molecule has 8 aromatic carbocycles. The summed E-state index contributed by atoms with van der Waals surface area (Å²) in [7, 11) is 0. The lowest BCUT2D eigenvalue weighted by Gasteiger charge is -2.20. The number of halogens is 12. The molecule has 0 aliphatic heterocycles. The van der Waals surface area contributed by atoms with Gasteiger partial charge < -0.3 is 45.6 Å². The molecule has 31 heteroatoms. The van der Waals surface area contributed by atoms with Gasteiger partial charge in [0, 0.05) is 42.4 Å². The zero-order valence-electron chi connectivity index (χ0n) is 63.6. The quantitative estimate of drug-likeness (QED) is 0.0325. The van der Waals surface area contributed by atoms with Crippen LogP contribution in [0.5, 0.6) is 5.75 Å². The fourth-order valence-electron chi connectivity index (χ4n) is 10.8. The molecule has 114 heavy (non-hydrogen) atoms. The van der Waals surface area contributed by atoms with Crippen LogP contribution in [0.1, 0.15) is 119 Å². The number of nitrogens with one attached hydrogen (secondary N) is 4. The third kappa shape index (κ3) is 31.1. The number of rotatable bonds is 23. The average Bonchev–Trinajstić information content (AvgIpc) is 0.930. The molecule has 0 bridgehead atoms. The number of aryl methyl sites for hydroxylation is 3. The highest BCUT2D eigenvalue weighted by Gasteiger charge is 2.16. The third-order valence-corrected chi connectivity index (χ3v) is 20.9. The molecule has 4 heterocycles. The summed E-state index contributed by atoms with van der Waals surface area (Å²) in [6.45, 7) is 22.8. The van der Waals surface area contributed by atoms with E-state index in [4.69, 9.17) is 165 Å². The largest absolute Gasteiger partial charge is 0.486 e. The number of fused-ring (bicyclic) bond motifs is 4. The van der Waals surface area contributed by atoms with Gasteiger partial charge in [0.05, 0.1) is 98.5 Å². The van der Waals surface area contributed by atoms with Crippen molar-refractivity contribution >= 4 is 213 Å². The van der Waals surface area contributed by atoms with Crippen molar-refractivity contribution in [1.82, 2.24) is 49.7 Å². The highest BCUT2D eigenvalue weighted by molar-refractivity contribution is 6.44. The fraction of sp³-hybridized carbons (Fsp3) is 0.277. The molecule has 4 aromatic heterocycles. The number of carboxylic acids is 1. The van der Waals surface area contributed by atoms with Crippen molar-refractivity contribution in [2.24, 2.45) is 5.73 Å². The Morgan fingerprint density at radius 3 is 1.44 bits per heavy atom. The second-order valence-electron chi connectivity index (χ2n) is 25.4. The molecule has 12 aromatic rings. The minimum Gasteiger partial charge on any atom is -0.486 e. The molecule has 0 amide bonds. The lowest BCUT2D eigenvalue weighted by Crippen LogP contribution is -2.26. The van der Waals surface area contributed by atoms with E-state index in [1.807, 2.05) is 36.4 Å². The standard InChI is InChI=1S/C24H29Cl3N4O.C16H11Cl3N2O.C16H9Cl3N2O.C9H7ClN2O.C9H22N2.C7H4Cl2O.C2H4O2/c1-4-31(5-2)13-7-8-16(3)28-24-18-9-6-10-20(26)23(18)29-22(30-24)15-32-17-11-12-19(25)21(27)14-17;2*17-11-6-4-9(8-13(11)19)5-7-14-20-15-10(16(22)21-14)2-1-3-12(15)18;1-5-11-8-6(9(13)12-5)3-2-4-7(8)10;1-4-11(5-2)8-6-7-9(3)10;8-6-2-1-5(4-10)3-7(6)9;1-2(3)4/h6,9-12,14,16H,4-5,7-8,13,15H2,1-3H3,(H,28,29,30);1-4,6,8H,5,7H2,(H,20,21,22);1-8H,(H,20,21,22);2-4H,1H3,(H,11,12,13);9H,4-8,10H2,1-3H3;1-4H;1H3,(H,3,4)/b;;7-5+;;;;. The van der Waals surface area contributed by atoms with Crippen LogP contribution < -0.4 is 32.5 Å². The number of aldehydes is 1. The van der Waals surface area contributed by atoms with Gasteiger partial charge in [-0.25, -0.2) is 24.9 Å². The van der Waals surface area contributed by atoms with Gasteiger partial charge in [-0.05, 0) is 206 Å². The molecule has 7 N–H and O–H groups in total. The van der Waals surface area contributed by atoms with E-state index in [0.29, 0.717) is 152 Å². The number of anilines is 1. The molecule has 2 atom stereocenters. The summed E-state index contributed by atoms with van der Waals surface area (Å²) in [6.07, 6.45) is 10.00. The molecular weight excluding hydrogens is 1700 g/mol. The lowest BCUT2D eigenvalue weighted by molar-refractivity contribution is -0.134. The molecule has 0 saturated heterocycles. The first kappa shape index (κ1) is 95.2. The van der Waals surface area contributed by atoms with Crippen LogP contribution in [0.4, 0.5) is 5.82 Å². The zero-order valence-corrected chi connectivity index (χ0v) is 72.6. The highest BCUT2D eigenvalue weighted by atomic mass is 35.5. The van der Waals surface area contributed by atoms with Gasteiger partial charge in [0.15, 0.2) is 5.82 Å². The Bertz CT molecular complexity index is 5410. The molecule has 0 fully saturated rings. The van der Waals surface area contributed by atoms with Crippen LogP contribution in [0.3, 0.4) is 0 Å². The number of aromatic nitrogens is 8. The highest BCUT2D eigenvalue weighted by Crippen LogP contribution is 2.32. The van der Waals surface area contributed by atoms with Crippen LogP contribution in [0.2, 0.25) is 60.3 Å². The van der Waals surface area contributed by atoms with Crippen molar-refractivity contribution in [3.63, 3.8) is 0 Å². The zero-order chi connectivity index (χ0) is 83.7. The second-order valence-corrected chi connectivity index (χ2v) is 30.3. The molecule has 604 valence electrons. The Balaban J connectivity index is 0.000000220. The number of aromatic amines is 3. The summed E-state index contributed by atoms with van der Waals surface area (Å²) in [4.78, 5) is 90.0. The summed E-state index contributed by atoms with van der Waals surface area (Å²) < 4.78 is 5.85. The first-order valence-electron chi connectivity index (χ1n) is 36.0. The van der Waals surface area contributed by atoms with Crippen molar-refractivity contribution in [2.75, 3.05) is 44.6 Å². The van der Waals surface area contributed by atoms with Gasteiger partial charge in [-0.3, -0.25) is 24.0 Å². The SMILES string of the molecule is CC(=O)O.CCN(CC)CCCC(C)N.CCN(CC)CCCC(C)Nc1nc(COc2ccc(Cl)c(Cl)c2)nc2c(Cl)cccc12.Cc1nc2c(Cl)cccc2c(=O)[nH]1.O=Cc1ccc(Cl)c(Cl)c1.O=c1[nH]c(/C=C/c2ccc(Cl)c(Cl)c2)nc2c(Cl)cccc12.O=c1[nH]c(CCc2ccc(Cl)c(Cl)c2)nc2c(Cl)cccc12. The molecule has 12 rings (SSSR count). The minimum absolute atomic E-state index is 0.148. The van der Waals surface area contributed by atoms with Gasteiger partial charge in [0.25, 0.3) is 22.6 Å². The fourth-order valence-corrected chi connectivity index (χ4v) is 12.9. The number of benzene rings is 8. The predicted molar refractivity (Wildman–Crippen MR) is 477 cm³/mol. The Hall–Kier alpha value is -7.64. The van der Waals surface area contributed by atoms with Crippen molar-refractivity contribution in [3.05, 3.63) is 277 Å². The molecule has 19 nitrogen and oxygen atoms in total. The van der Waals surface area contributed by atoms with Crippen LogP contribution in [0.25, 0.3) is 55.8 Å². The maximum atomic E-state index is 12.1. The number of carbonyl (C=O) groups is 2. The summed E-state index contributed by atoms with van der Waals surface area (Å²) in [5.74, 6) is 2.65. The molecule has 0 aliphatic rings. The van der Waals surface area contributed by atoms with Gasteiger partial charge in [-0.2, -0.15) is 0 Å². The summed E-state index contributed by atoms with van der Waals surface area (Å²) in [5.41, 5.74) is 9.74. The number of aliphatic carboxylic acids is 1. The number of hydrogen-bond donors (Lipinski definition) is 6. The van der Waals surface area contributed by atoms with E-state index in [0.717, 1.165) is 87.5 Å².